The number of nitrogens with two attached hydrogens (primary N) is 2. The number of aromatic carboxylic acids is 2. The molecule has 16 heteroatoms. The van der Waals surface area contributed by atoms with Crippen LogP contribution in [0, 0.1) is 13.8 Å². The van der Waals surface area contributed by atoms with Crippen molar-refractivity contribution in [2.45, 2.75) is 39.5 Å². The summed E-state index contributed by atoms with van der Waals surface area (Å²) in [6, 6.07) is 34.0. The Morgan fingerprint density at radius 3 is 1.33 bits per heavy atom. The van der Waals surface area contributed by atoms with Crippen LogP contribution >= 0.6 is 0 Å². The molecule has 2 amide bonds. The van der Waals surface area contributed by atoms with Crippen LogP contribution in [0.1, 0.15) is 89.4 Å². The van der Waals surface area contributed by atoms with Gasteiger partial charge in [0.25, 0.3) is 11.8 Å². The van der Waals surface area contributed by atoms with Crippen LogP contribution in [0.3, 0.4) is 0 Å². The van der Waals surface area contributed by atoms with Crippen molar-refractivity contribution in [3.8, 4) is 34.0 Å². The first kappa shape index (κ1) is 49.2. The van der Waals surface area contributed by atoms with Gasteiger partial charge in [0.05, 0.1) is 44.7 Å². The van der Waals surface area contributed by atoms with Crippen LogP contribution in [0.5, 0.6) is 11.5 Å². The van der Waals surface area contributed by atoms with Crippen molar-refractivity contribution in [3.63, 3.8) is 0 Å². The summed E-state index contributed by atoms with van der Waals surface area (Å²) < 4.78 is 15.6. The average molecular weight is 969 g/mol. The van der Waals surface area contributed by atoms with Crippen molar-refractivity contribution >= 4 is 57.7 Å². The Hall–Kier alpha value is -9.18. The fraction of sp³-hybridized carbons (Fsp3) is 0.179. The molecule has 8 N–H and O–H groups in total. The number of carboxylic acid groups (broad SMARTS) is 2. The summed E-state index contributed by atoms with van der Waals surface area (Å²) in [5.74, 6) is -2.74. The Labute approximate surface area is 413 Å². The third-order valence-corrected chi connectivity index (χ3v) is 12.4. The minimum atomic E-state index is -1.22. The summed E-state index contributed by atoms with van der Waals surface area (Å²) in [6.07, 6.45) is 6.84. The van der Waals surface area contributed by atoms with Crippen molar-refractivity contribution in [1.29, 1.82) is 0 Å². The Bertz CT molecular complexity index is 3200. The number of ether oxygens (including phenoxy) is 2. The number of fused-ring (bicyclic) bond motifs is 2. The molecule has 0 saturated heterocycles. The third kappa shape index (κ3) is 10.5. The number of aromatic nitrogens is 2. The first-order valence-electron chi connectivity index (χ1n) is 23.3. The van der Waals surface area contributed by atoms with E-state index in [0.29, 0.717) is 57.9 Å². The summed E-state index contributed by atoms with van der Waals surface area (Å²) in [7, 11) is 0. The Morgan fingerprint density at radius 1 is 0.514 bits per heavy atom. The van der Waals surface area contributed by atoms with Gasteiger partial charge in [-0.3, -0.25) is 19.2 Å². The lowest BCUT2D eigenvalue weighted by Gasteiger charge is -2.11. The second kappa shape index (κ2) is 21.6. The Kier molecular flexibility index (Phi) is 14.8. The molecule has 8 rings (SSSR count). The van der Waals surface area contributed by atoms with E-state index < -0.39 is 11.9 Å². The summed E-state index contributed by atoms with van der Waals surface area (Å²) in [5, 5.41) is 25.0. The van der Waals surface area contributed by atoms with Crippen LogP contribution < -0.4 is 31.6 Å². The number of nitrogen functional groups attached to an aromatic ring is 2. The number of nitrogens with one attached hydrogen (secondary N) is 2. The number of ketones is 2. The molecule has 0 bridgehead atoms. The minimum Gasteiger partial charge on any atom is -0.484 e. The average Bonchev–Trinajstić information content (AvgIpc) is 3.84. The van der Waals surface area contributed by atoms with Gasteiger partial charge in [0.1, 0.15) is 11.5 Å². The zero-order valence-corrected chi connectivity index (χ0v) is 39.6. The molecule has 72 heavy (non-hydrogen) atoms. The van der Waals surface area contributed by atoms with Gasteiger partial charge >= 0.3 is 11.9 Å². The number of carbonyl (C=O) groups is 6. The monoisotopic (exact) mass is 968 g/mol. The number of amides is 2. The number of pyridine rings is 2. The molecule has 0 aliphatic heterocycles. The number of hydrogen-bond acceptors (Lipinski definition) is 10. The lowest BCUT2D eigenvalue weighted by atomic mass is 9.97. The van der Waals surface area contributed by atoms with E-state index >= 15 is 0 Å². The molecule has 0 aliphatic rings. The summed E-state index contributed by atoms with van der Waals surface area (Å²) in [6.45, 7) is 4.20. The number of carbonyl (C=O) groups excluding carboxylic acids is 4. The fourth-order valence-corrected chi connectivity index (χ4v) is 8.93. The number of hydrogen-bond donors (Lipinski definition) is 6. The quantitative estimate of drug-likeness (QED) is 0.0226. The highest BCUT2D eigenvalue weighted by molar-refractivity contribution is 6.17. The normalized spacial score (nSPS) is 11.1. The molecule has 0 aliphatic carbocycles. The molecule has 4 heterocycles. The highest BCUT2D eigenvalue weighted by Crippen LogP contribution is 2.36. The first-order chi connectivity index (χ1) is 34.7. The topological polar surface area (TPSA) is 246 Å². The molecule has 0 spiro atoms. The van der Waals surface area contributed by atoms with Crippen molar-refractivity contribution < 1.29 is 48.5 Å². The van der Waals surface area contributed by atoms with Crippen LogP contribution in [0.2, 0.25) is 0 Å². The number of unbranched alkanes of at least 4 members (excludes halogenated alkanes) is 3. The van der Waals surface area contributed by atoms with Gasteiger partial charge in [0.2, 0.25) is 0 Å². The van der Waals surface area contributed by atoms with E-state index in [-0.39, 0.29) is 70.2 Å². The highest BCUT2D eigenvalue weighted by Gasteiger charge is 2.26. The molecule has 0 atom stereocenters. The van der Waals surface area contributed by atoms with Gasteiger partial charge in [-0.25, -0.2) is 9.59 Å². The second-order valence-electron chi connectivity index (χ2n) is 17.2. The largest absolute Gasteiger partial charge is 0.484 e. The van der Waals surface area contributed by atoms with E-state index in [4.69, 9.17) is 20.9 Å². The van der Waals surface area contributed by atoms with Gasteiger partial charge in [0, 0.05) is 59.1 Å². The summed E-state index contributed by atoms with van der Waals surface area (Å²) >= 11 is 0. The van der Waals surface area contributed by atoms with Crippen LogP contribution in [0.25, 0.3) is 33.5 Å². The number of rotatable bonds is 21. The van der Waals surface area contributed by atoms with Crippen LogP contribution in [0.15, 0.2) is 134 Å². The second-order valence-corrected chi connectivity index (χ2v) is 17.2. The molecule has 366 valence electrons. The molecule has 4 aromatic heterocycles. The van der Waals surface area contributed by atoms with Crippen molar-refractivity contribution in [2.75, 3.05) is 37.8 Å². The molecular weight excluding hydrogens is 917 g/mol. The van der Waals surface area contributed by atoms with Crippen molar-refractivity contribution in [1.82, 2.24) is 19.4 Å². The van der Waals surface area contributed by atoms with E-state index in [0.717, 1.165) is 48.2 Å². The van der Waals surface area contributed by atoms with Gasteiger partial charge in [-0.15, -0.1) is 0 Å². The molecular formula is C56H52N6O10. The zero-order chi connectivity index (χ0) is 51.1. The van der Waals surface area contributed by atoms with Crippen LogP contribution in [-0.2, 0) is 9.59 Å². The third-order valence-electron chi connectivity index (χ3n) is 12.4. The predicted octanol–water partition coefficient (Wildman–Crippen LogP) is 8.42. The lowest BCUT2D eigenvalue weighted by molar-refractivity contribution is -0.123. The van der Waals surface area contributed by atoms with E-state index in [9.17, 15) is 39.0 Å². The van der Waals surface area contributed by atoms with E-state index in [1.165, 1.54) is 36.4 Å². The molecule has 0 saturated carbocycles. The number of nitrogens with zero attached hydrogens (tertiary/aromatic N) is 2. The van der Waals surface area contributed by atoms with E-state index in [1.54, 1.807) is 24.3 Å². The van der Waals surface area contributed by atoms with Gasteiger partial charge < -0.3 is 50.6 Å². The standard InChI is InChI=1S/C56H52N6O10/c1-33-49(53(65)37-19-21-43(57)41(29-37)55(67)68)45-17-5-9-25-61(45)51(33)35-13-11-15-39(27-35)71-31-47(63)59-23-7-3-4-8-24-60-48(64)32-72-40-16-12-14-36(28-40)52-34(2)50(46-18-6-10-26-62(46)52)54(66)38-20-22-44(58)42(30-38)56(69)70/h5-6,9-22,25-30H,3-4,7-8,23-24,31-32,57-58H2,1-2H3,(H,59,63)(H,60,64)(H,67,68)(H,69,70). The number of carboxylic acids is 2. The van der Waals surface area contributed by atoms with Gasteiger partial charge in [-0.05, 0) is 123 Å². The Morgan fingerprint density at radius 2 is 0.931 bits per heavy atom. The molecule has 16 nitrogen and oxygen atoms in total. The maximum absolute atomic E-state index is 13.9. The van der Waals surface area contributed by atoms with E-state index in [1.807, 2.05) is 95.7 Å². The molecule has 0 radical (unpaired) electrons. The number of benzene rings is 4. The SMILES string of the molecule is Cc1c(C(=O)c2ccc(N)c(C(=O)O)c2)c2ccccn2c1-c1cccc(OCC(=O)NCCCCCCNC(=O)COc2cccc(-c3c(C)c(C(=O)c4ccc(N)c(C(=O)O)c4)c4ccccn34)c2)c1. The van der Waals surface area contributed by atoms with Crippen LogP contribution in [0.4, 0.5) is 11.4 Å². The van der Waals surface area contributed by atoms with E-state index in [2.05, 4.69) is 10.6 Å². The van der Waals surface area contributed by atoms with Gasteiger partial charge in [-0.1, -0.05) is 49.2 Å². The molecule has 0 unspecified atom stereocenters. The Balaban J connectivity index is 0.772. The summed E-state index contributed by atoms with van der Waals surface area (Å²) in [5.41, 5.74) is 18.5. The first-order valence-corrected chi connectivity index (χ1v) is 23.3. The maximum Gasteiger partial charge on any atom is 0.337 e. The zero-order valence-electron chi connectivity index (χ0n) is 39.6. The van der Waals surface area contributed by atoms with Crippen LogP contribution in [-0.4, -0.2) is 80.6 Å². The number of anilines is 2. The predicted molar refractivity (Wildman–Crippen MR) is 273 cm³/mol. The lowest BCUT2D eigenvalue weighted by Crippen LogP contribution is -2.30. The van der Waals surface area contributed by atoms with Gasteiger partial charge in [-0.2, -0.15) is 0 Å². The molecule has 4 aromatic carbocycles. The molecule has 8 aromatic rings. The summed E-state index contributed by atoms with van der Waals surface area (Å²) in [4.78, 5) is 76.7. The van der Waals surface area contributed by atoms with Crippen molar-refractivity contribution in [3.05, 3.63) is 178 Å². The highest BCUT2D eigenvalue weighted by atomic mass is 16.5. The smallest absolute Gasteiger partial charge is 0.337 e. The van der Waals surface area contributed by atoms with Gasteiger partial charge in [0.15, 0.2) is 24.8 Å². The molecule has 0 fully saturated rings. The minimum absolute atomic E-state index is 0.0666. The van der Waals surface area contributed by atoms with Crippen molar-refractivity contribution in [2.24, 2.45) is 0 Å². The fourth-order valence-electron chi connectivity index (χ4n) is 8.93. The maximum atomic E-state index is 13.9.